The average molecular weight is 329 g/mol. The number of para-hydroxylation sites is 1. The molecule has 0 spiro atoms. The lowest BCUT2D eigenvalue weighted by atomic mass is 10.0. The van der Waals surface area contributed by atoms with Crippen LogP contribution in [0.25, 0.3) is 0 Å². The van der Waals surface area contributed by atoms with E-state index in [1.165, 1.54) is 0 Å². The van der Waals surface area contributed by atoms with Crippen LogP contribution in [0.5, 0.6) is 0 Å². The van der Waals surface area contributed by atoms with Crippen molar-refractivity contribution in [1.29, 1.82) is 0 Å². The second-order valence-corrected chi connectivity index (χ2v) is 7.40. The summed E-state index contributed by atoms with van der Waals surface area (Å²) in [5.74, 6) is 0.219. The van der Waals surface area contributed by atoms with Crippen molar-refractivity contribution >= 4 is 22.9 Å². The van der Waals surface area contributed by atoms with Crippen molar-refractivity contribution in [2.75, 3.05) is 18.4 Å². The van der Waals surface area contributed by atoms with Crippen LogP contribution in [0.2, 0.25) is 0 Å². The first kappa shape index (κ1) is 16.0. The third-order valence-electron chi connectivity index (χ3n) is 4.23. The summed E-state index contributed by atoms with van der Waals surface area (Å²) in [4.78, 5) is 20.1. The summed E-state index contributed by atoms with van der Waals surface area (Å²) in [6.07, 6.45) is 2.64. The number of nitrogens with one attached hydrogen (secondary N) is 1. The summed E-state index contributed by atoms with van der Waals surface area (Å²) in [5.41, 5.74) is 2.12. The van der Waals surface area contributed by atoms with Crippen molar-refractivity contribution in [3.63, 3.8) is 0 Å². The van der Waals surface area contributed by atoms with Gasteiger partial charge in [0.15, 0.2) is 0 Å². The maximum absolute atomic E-state index is 12.6. The van der Waals surface area contributed by atoms with Crippen LogP contribution in [-0.2, 0) is 11.2 Å². The van der Waals surface area contributed by atoms with Gasteiger partial charge in [0.25, 0.3) is 0 Å². The zero-order valence-electron chi connectivity index (χ0n) is 13.7. The molecule has 1 amide bonds. The molecule has 5 heteroatoms. The van der Waals surface area contributed by atoms with E-state index in [0.717, 1.165) is 47.2 Å². The third-order valence-corrected chi connectivity index (χ3v) is 5.30. The molecule has 3 rings (SSSR count). The monoisotopic (exact) mass is 329 g/mol. The molecule has 122 valence electrons. The topological polar surface area (TPSA) is 45.2 Å². The van der Waals surface area contributed by atoms with Crippen molar-refractivity contribution in [3.05, 3.63) is 45.9 Å². The summed E-state index contributed by atoms with van der Waals surface area (Å²) in [6, 6.07) is 10.6. The van der Waals surface area contributed by atoms with Gasteiger partial charge in [-0.3, -0.25) is 4.79 Å². The number of aryl methyl sites for hydroxylation is 2. The van der Waals surface area contributed by atoms with E-state index in [9.17, 15) is 4.79 Å². The SMILES string of the molecule is Cc1nc(C)c(CC(=O)N2CCC[C@@H](Nc3ccccc3)C2)s1. The van der Waals surface area contributed by atoms with Gasteiger partial charge in [-0.05, 0) is 38.8 Å². The second-order valence-electron chi connectivity index (χ2n) is 6.11. The van der Waals surface area contributed by atoms with Crippen LogP contribution in [0, 0.1) is 13.8 Å². The summed E-state index contributed by atoms with van der Waals surface area (Å²) < 4.78 is 0. The van der Waals surface area contributed by atoms with Crippen molar-refractivity contribution in [1.82, 2.24) is 9.88 Å². The van der Waals surface area contributed by atoms with E-state index in [1.54, 1.807) is 11.3 Å². The molecular weight excluding hydrogens is 306 g/mol. The molecule has 0 bridgehead atoms. The van der Waals surface area contributed by atoms with Crippen molar-refractivity contribution in [2.24, 2.45) is 0 Å². The fourth-order valence-electron chi connectivity index (χ4n) is 3.08. The van der Waals surface area contributed by atoms with Gasteiger partial charge >= 0.3 is 0 Å². The lowest BCUT2D eigenvalue weighted by Crippen LogP contribution is -2.45. The third kappa shape index (κ3) is 4.10. The minimum Gasteiger partial charge on any atom is -0.381 e. The van der Waals surface area contributed by atoms with E-state index >= 15 is 0 Å². The lowest BCUT2D eigenvalue weighted by Gasteiger charge is -2.33. The first-order valence-corrected chi connectivity index (χ1v) is 8.96. The summed E-state index contributed by atoms with van der Waals surface area (Å²) >= 11 is 1.64. The molecule has 2 heterocycles. The minimum atomic E-state index is 0.219. The standard InChI is InChI=1S/C18H23N3OS/c1-13-17(23-14(2)19-13)11-18(22)21-10-6-9-16(12-21)20-15-7-4-3-5-8-15/h3-5,7-8,16,20H,6,9-12H2,1-2H3/t16-/m1/s1. The molecule has 1 atom stereocenters. The Balaban J connectivity index is 1.59. The molecule has 1 N–H and O–H groups in total. The number of nitrogens with zero attached hydrogens (tertiary/aromatic N) is 2. The Morgan fingerprint density at radius 2 is 2.13 bits per heavy atom. The smallest absolute Gasteiger partial charge is 0.227 e. The number of piperidine rings is 1. The van der Waals surface area contributed by atoms with Gasteiger partial charge in [0, 0.05) is 29.7 Å². The molecule has 2 aromatic rings. The predicted molar refractivity (Wildman–Crippen MR) is 95.0 cm³/mol. The quantitative estimate of drug-likeness (QED) is 0.935. The first-order valence-electron chi connectivity index (χ1n) is 8.14. The zero-order chi connectivity index (χ0) is 16.2. The number of carbonyl (C=O) groups excluding carboxylic acids is 1. The predicted octanol–water partition coefficient (Wildman–Crippen LogP) is 3.41. The molecule has 1 fully saturated rings. The molecule has 0 radical (unpaired) electrons. The molecule has 1 aromatic carbocycles. The Bertz CT molecular complexity index is 668. The molecule has 4 nitrogen and oxygen atoms in total. The van der Waals surface area contributed by atoms with Gasteiger partial charge < -0.3 is 10.2 Å². The van der Waals surface area contributed by atoms with Gasteiger partial charge in [0.05, 0.1) is 17.1 Å². The Morgan fingerprint density at radius 1 is 1.35 bits per heavy atom. The normalized spacial score (nSPS) is 18.0. The summed E-state index contributed by atoms with van der Waals surface area (Å²) in [6.45, 7) is 5.63. The van der Waals surface area contributed by atoms with Gasteiger partial charge in [-0.1, -0.05) is 18.2 Å². The van der Waals surface area contributed by atoms with Gasteiger partial charge in [-0.25, -0.2) is 4.98 Å². The number of benzene rings is 1. The number of likely N-dealkylation sites (tertiary alicyclic amines) is 1. The Morgan fingerprint density at radius 3 is 2.83 bits per heavy atom. The maximum atomic E-state index is 12.6. The fourth-order valence-corrected chi connectivity index (χ4v) is 4.01. The number of amides is 1. The number of anilines is 1. The van der Waals surface area contributed by atoms with Crippen molar-refractivity contribution < 1.29 is 4.79 Å². The van der Waals surface area contributed by atoms with Crippen LogP contribution in [0.15, 0.2) is 30.3 Å². The van der Waals surface area contributed by atoms with E-state index in [4.69, 9.17) is 0 Å². The van der Waals surface area contributed by atoms with E-state index < -0.39 is 0 Å². The first-order chi connectivity index (χ1) is 11.1. The van der Waals surface area contributed by atoms with Crippen LogP contribution < -0.4 is 5.32 Å². The highest BCUT2D eigenvalue weighted by molar-refractivity contribution is 7.11. The number of aromatic nitrogens is 1. The van der Waals surface area contributed by atoms with Crippen molar-refractivity contribution in [2.45, 2.75) is 39.2 Å². The fraction of sp³-hybridized carbons (Fsp3) is 0.444. The Hall–Kier alpha value is -1.88. The van der Waals surface area contributed by atoms with Crippen LogP contribution in [0.4, 0.5) is 5.69 Å². The zero-order valence-corrected chi connectivity index (χ0v) is 14.5. The van der Waals surface area contributed by atoms with Gasteiger partial charge in [-0.15, -0.1) is 11.3 Å². The van der Waals surface area contributed by atoms with Crippen LogP contribution in [0.3, 0.4) is 0 Å². The molecule has 1 aromatic heterocycles. The molecule has 0 aliphatic carbocycles. The number of rotatable bonds is 4. The minimum absolute atomic E-state index is 0.219. The lowest BCUT2D eigenvalue weighted by molar-refractivity contribution is -0.131. The number of hydrogen-bond donors (Lipinski definition) is 1. The summed E-state index contributed by atoms with van der Waals surface area (Å²) in [7, 11) is 0. The highest BCUT2D eigenvalue weighted by atomic mass is 32.1. The number of hydrogen-bond acceptors (Lipinski definition) is 4. The second kappa shape index (κ2) is 7.13. The molecular formula is C18H23N3OS. The van der Waals surface area contributed by atoms with Gasteiger partial charge in [-0.2, -0.15) is 0 Å². The molecule has 23 heavy (non-hydrogen) atoms. The van der Waals surface area contributed by atoms with E-state index in [0.29, 0.717) is 12.5 Å². The Labute approximate surface area is 141 Å². The molecule has 1 aliphatic rings. The van der Waals surface area contributed by atoms with Crippen LogP contribution >= 0.6 is 11.3 Å². The Kier molecular flexibility index (Phi) is 4.96. The van der Waals surface area contributed by atoms with Gasteiger partial charge in [0.1, 0.15) is 0 Å². The van der Waals surface area contributed by atoms with Crippen molar-refractivity contribution in [3.8, 4) is 0 Å². The van der Waals surface area contributed by atoms with Crippen LogP contribution in [0.1, 0.15) is 28.4 Å². The van der Waals surface area contributed by atoms with E-state index in [2.05, 4.69) is 22.4 Å². The number of thiazole rings is 1. The molecule has 0 saturated carbocycles. The highest BCUT2D eigenvalue weighted by Crippen LogP contribution is 2.21. The number of carbonyl (C=O) groups is 1. The largest absolute Gasteiger partial charge is 0.381 e. The molecule has 1 aliphatic heterocycles. The van der Waals surface area contributed by atoms with E-state index in [1.807, 2.05) is 36.9 Å². The van der Waals surface area contributed by atoms with Gasteiger partial charge in [0.2, 0.25) is 5.91 Å². The van der Waals surface area contributed by atoms with E-state index in [-0.39, 0.29) is 5.91 Å². The maximum Gasteiger partial charge on any atom is 0.227 e. The average Bonchev–Trinajstić information content (AvgIpc) is 2.86. The van der Waals surface area contributed by atoms with Crippen LogP contribution in [-0.4, -0.2) is 34.9 Å². The molecule has 1 saturated heterocycles. The summed E-state index contributed by atoms with van der Waals surface area (Å²) in [5, 5.41) is 4.58. The highest BCUT2D eigenvalue weighted by Gasteiger charge is 2.24. The molecule has 0 unspecified atom stereocenters.